The minimum Gasteiger partial charge on any atom is -0.396 e. The van der Waals surface area contributed by atoms with Crippen LogP contribution in [0, 0.1) is 0 Å². The molecule has 0 saturated carbocycles. The Labute approximate surface area is 165 Å². The number of hydrogen-bond donors (Lipinski definition) is 2. The van der Waals surface area contributed by atoms with Gasteiger partial charge in [-0.05, 0) is 26.1 Å². The molecule has 0 aliphatic carbocycles. The molecule has 1 aliphatic heterocycles. The van der Waals surface area contributed by atoms with Gasteiger partial charge in [0.2, 0.25) is 6.29 Å². The maximum Gasteiger partial charge on any atom is 0.317 e. The summed E-state index contributed by atoms with van der Waals surface area (Å²) in [4.78, 5) is 29.5. The van der Waals surface area contributed by atoms with Crippen molar-refractivity contribution in [2.24, 2.45) is 0 Å². The van der Waals surface area contributed by atoms with Gasteiger partial charge in [0.15, 0.2) is 0 Å². The zero-order valence-electron chi connectivity index (χ0n) is 16.1. The van der Waals surface area contributed by atoms with Gasteiger partial charge in [0, 0.05) is 43.1 Å². The molecule has 2 heterocycles. The smallest absolute Gasteiger partial charge is 0.317 e. The molecule has 1 unspecified atom stereocenters. The van der Waals surface area contributed by atoms with Crippen LogP contribution in [-0.2, 0) is 4.79 Å². The fourth-order valence-electron chi connectivity index (χ4n) is 2.67. The molecule has 2 rings (SSSR count). The lowest BCUT2D eigenvalue weighted by Crippen LogP contribution is -2.44. The van der Waals surface area contributed by atoms with Crippen molar-refractivity contribution in [2.45, 2.75) is 19.4 Å². The van der Waals surface area contributed by atoms with Crippen LogP contribution in [0.1, 0.15) is 13.3 Å². The van der Waals surface area contributed by atoms with E-state index in [2.05, 4.69) is 5.32 Å². The Kier molecular flexibility index (Phi) is 7.87. The van der Waals surface area contributed by atoms with Crippen LogP contribution in [0.25, 0.3) is 0 Å². The maximum absolute atomic E-state index is 12.5. The van der Waals surface area contributed by atoms with E-state index in [-0.39, 0.29) is 6.03 Å². The first kappa shape index (κ1) is 21.0. The Morgan fingerprint density at radius 2 is 2.15 bits per heavy atom. The molecule has 27 heavy (non-hydrogen) atoms. The van der Waals surface area contributed by atoms with Crippen molar-refractivity contribution in [1.29, 1.82) is 0 Å². The van der Waals surface area contributed by atoms with Gasteiger partial charge in [0.05, 0.1) is 11.4 Å². The van der Waals surface area contributed by atoms with Gasteiger partial charge in [-0.1, -0.05) is 19.1 Å². The molecule has 0 saturated heterocycles. The van der Waals surface area contributed by atoms with Crippen LogP contribution in [0.15, 0.2) is 34.7 Å². The predicted molar refractivity (Wildman–Crippen MR) is 112 cm³/mol. The second-order valence-electron chi connectivity index (χ2n) is 6.70. The fourth-order valence-corrected chi connectivity index (χ4v) is 3.39. The van der Waals surface area contributed by atoms with Gasteiger partial charge in [-0.15, -0.1) is 11.3 Å². The van der Waals surface area contributed by atoms with Crippen LogP contribution in [0.4, 0.5) is 16.2 Å². The van der Waals surface area contributed by atoms with Crippen molar-refractivity contribution in [3.05, 3.63) is 34.7 Å². The number of nitrogen functional groups attached to an aromatic ring is 1. The van der Waals surface area contributed by atoms with Crippen LogP contribution in [0.5, 0.6) is 0 Å². The quantitative estimate of drug-likeness (QED) is 0.674. The first-order valence-corrected chi connectivity index (χ1v) is 9.94. The number of likely N-dealkylation sites (N-methyl/N-ethyl adjacent to an activating group) is 1. The topological polar surface area (TPSA) is 81.9 Å². The molecular weight excluding hydrogens is 362 g/mol. The molecule has 3 N–H and O–H groups in total. The van der Waals surface area contributed by atoms with Gasteiger partial charge < -0.3 is 25.8 Å². The summed E-state index contributed by atoms with van der Waals surface area (Å²) in [6.07, 6.45) is 8.46. The van der Waals surface area contributed by atoms with E-state index in [0.29, 0.717) is 25.3 Å². The zero-order valence-corrected chi connectivity index (χ0v) is 17.0. The Balaban J connectivity index is 2.18. The SMILES string of the molecule is CCCNC(=O)N(CCN(C)C)CC1=CN(c2cscc2N)C([C]=O)C=C1. The van der Waals surface area contributed by atoms with E-state index in [9.17, 15) is 9.59 Å². The highest BCUT2D eigenvalue weighted by molar-refractivity contribution is 7.08. The van der Waals surface area contributed by atoms with Gasteiger partial charge in [-0.25, -0.2) is 4.79 Å². The molecule has 0 fully saturated rings. The van der Waals surface area contributed by atoms with E-state index in [1.807, 2.05) is 60.1 Å². The summed E-state index contributed by atoms with van der Waals surface area (Å²) in [6.45, 7) is 4.49. The van der Waals surface area contributed by atoms with Gasteiger partial charge in [0.25, 0.3) is 0 Å². The minimum atomic E-state index is -0.519. The third-order valence-electron chi connectivity index (χ3n) is 4.17. The van der Waals surface area contributed by atoms with Crippen molar-refractivity contribution >= 4 is 35.0 Å². The number of amides is 2. The molecule has 1 aliphatic rings. The zero-order chi connectivity index (χ0) is 19.8. The van der Waals surface area contributed by atoms with Crippen LogP contribution < -0.4 is 16.0 Å². The number of hydrogen-bond acceptors (Lipinski definition) is 6. The number of nitrogens with zero attached hydrogens (tertiary/aromatic N) is 3. The number of urea groups is 1. The van der Waals surface area contributed by atoms with Gasteiger partial charge in [0.1, 0.15) is 6.04 Å². The van der Waals surface area contributed by atoms with Crippen molar-refractivity contribution in [3.63, 3.8) is 0 Å². The molecule has 2 amide bonds. The van der Waals surface area contributed by atoms with E-state index in [0.717, 1.165) is 24.2 Å². The first-order chi connectivity index (χ1) is 13.0. The molecular formula is C19H28N5O2S. The Bertz CT molecular complexity index is 698. The second-order valence-corrected chi connectivity index (χ2v) is 7.45. The predicted octanol–water partition coefficient (Wildman–Crippen LogP) is 2.05. The van der Waals surface area contributed by atoms with Crippen LogP contribution in [0.2, 0.25) is 0 Å². The highest BCUT2D eigenvalue weighted by atomic mass is 32.1. The van der Waals surface area contributed by atoms with Crippen molar-refractivity contribution in [2.75, 3.05) is 50.9 Å². The third kappa shape index (κ3) is 5.83. The van der Waals surface area contributed by atoms with Gasteiger partial charge >= 0.3 is 6.03 Å². The summed E-state index contributed by atoms with van der Waals surface area (Å²) < 4.78 is 0. The molecule has 0 aromatic carbocycles. The summed E-state index contributed by atoms with van der Waals surface area (Å²) in [5.74, 6) is 0. The summed E-state index contributed by atoms with van der Waals surface area (Å²) in [6, 6.07) is -0.603. The summed E-state index contributed by atoms with van der Waals surface area (Å²) in [7, 11) is 3.96. The van der Waals surface area contributed by atoms with Gasteiger partial charge in [-0.3, -0.25) is 4.79 Å². The fraction of sp³-hybridized carbons (Fsp3) is 0.474. The van der Waals surface area contributed by atoms with E-state index in [1.54, 1.807) is 11.0 Å². The number of thiophene rings is 1. The molecule has 1 aromatic rings. The summed E-state index contributed by atoms with van der Waals surface area (Å²) >= 11 is 1.48. The maximum atomic E-state index is 12.5. The Hall–Kier alpha value is -2.32. The number of nitrogens with two attached hydrogens (primary N) is 1. The lowest BCUT2D eigenvalue weighted by molar-refractivity contribution is 0.197. The average Bonchev–Trinajstić information content (AvgIpc) is 3.08. The van der Waals surface area contributed by atoms with Crippen molar-refractivity contribution < 1.29 is 9.59 Å². The molecule has 1 radical (unpaired) electrons. The largest absolute Gasteiger partial charge is 0.396 e. The number of rotatable bonds is 9. The highest BCUT2D eigenvalue weighted by Crippen LogP contribution is 2.31. The molecule has 0 bridgehead atoms. The molecule has 1 aromatic heterocycles. The van der Waals surface area contributed by atoms with Crippen LogP contribution >= 0.6 is 11.3 Å². The van der Waals surface area contributed by atoms with Crippen LogP contribution in [0.3, 0.4) is 0 Å². The van der Waals surface area contributed by atoms with Gasteiger partial charge in [-0.2, -0.15) is 0 Å². The van der Waals surface area contributed by atoms with Crippen LogP contribution in [-0.4, -0.2) is 68.4 Å². The van der Waals surface area contributed by atoms with E-state index < -0.39 is 6.04 Å². The van der Waals surface area contributed by atoms with Crippen molar-refractivity contribution in [1.82, 2.24) is 15.1 Å². The number of carbonyl (C=O) groups is 1. The summed E-state index contributed by atoms with van der Waals surface area (Å²) in [5, 5.41) is 6.68. The van der Waals surface area contributed by atoms with E-state index in [1.165, 1.54) is 11.3 Å². The molecule has 8 heteroatoms. The lowest BCUT2D eigenvalue weighted by atomic mass is 10.1. The normalized spacial score (nSPS) is 16.4. The monoisotopic (exact) mass is 390 g/mol. The number of carbonyl (C=O) groups excluding carboxylic acids is 2. The molecule has 1 atom stereocenters. The van der Waals surface area contributed by atoms with Crippen molar-refractivity contribution in [3.8, 4) is 0 Å². The molecule has 147 valence electrons. The number of nitrogens with one attached hydrogen (secondary N) is 1. The second kappa shape index (κ2) is 10.1. The minimum absolute atomic E-state index is 0.0846. The average molecular weight is 391 g/mol. The van der Waals surface area contributed by atoms with E-state index >= 15 is 0 Å². The first-order valence-electron chi connectivity index (χ1n) is 9.00. The molecule has 7 nitrogen and oxygen atoms in total. The standard InChI is InChI=1S/C19H28N5O2S/c1-4-7-21-19(26)23(9-8-22(2)3)10-15-5-6-16(12-25)24(11-15)18-14-27-13-17(18)20/h5-6,11,13-14,16H,4,7-10,20H2,1-3H3,(H,21,26). The lowest BCUT2D eigenvalue weighted by Gasteiger charge is -2.30. The Morgan fingerprint density at radius 3 is 2.74 bits per heavy atom. The van der Waals surface area contributed by atoms with E-state index in [4.69, 9.17) is 5.73 Å². The summed E-state index contributed by atoms with van der Waals surface area (Å²) in [5.41, 5.74) is 8.36. The highest BCUT2D eigenvalue weighted by Gasteiger charge is 2.23. The molecule has 0 spiro atoms. The number of anilines is 2. The third-order valence-corrected chi connectivity index (χ3v) is 4.92. The Morgan fingerprint density at radius 1 is 1.37 bits per heavy atom.